The molecule has 122 valence electrons. The van der Waals surface area contributed by atoms with Crippen LogP contribution in [0.5, 0.6) is 5.75 Å². The average molecular weight is 376 g/mol. The van der Waals surface area contributed by atoms with Crippen LogP contribution in [0.25, 0.3) is 0 Å². The molecule has 0 atom stereocenters. The minimum absolute atomic E-state index is 0.0152. The standard InChI is InChI=1S/C19H22BrNO2/c1-4-5-15-6-7-18(17(20)11-15)23-12-19(22)21-16-9-13(2)8-14(3)10-16/h6-11H,4-5,12H2,1-3H3,(H,21,22). The van der Waals surface area contributed by atoms with E-state index in [2.05, 4.69) is 34.2 Å². The third-order valence-corrected chi connectivity index (χ3v) is 4.02. The molecule has 0 unspecified atom stereocenters. The molecule has 1 N–H and O–H groups in total. The summed E-state index contributed by atoms with van der Waals surface area (Å²) in [7, 11) is 0. The van der Waals surface area contributed by atoms with Gasteiger partial charge >= 0.3 is 0 Å². The highest BCUT2D eigenvalue weighted by atomic mass is 79.9. The lowest BCUT2D eigenvalue weighted by Gasteiger charge is -2.11. The van der Waals surface area contributed by atoms with Crippen molar-refractivity contribution in [1.29, 1.82) is 0 Å². The molecule has 3 nitrogen and oxygen atoms in total. The number of aryl methyl sites for hydroxylation is 3. The molecule has 0 heterocycles. The number of amides is 1. The minimum atomic E-state index is -0.167. The summed E-state index contributed by atoms with van der Waals surface area (Å²) in [6, 6.07) is 11.9. The molecule has 0 aliphatic carbocycles. The Bertz CT molecular complexity index is 678. The molecular weight excluding hydrogens is 354 g/mol. The quantitative estimate of drug-likeness (QED) is 0.768. The van der Waals surface area contributed by atoms with Gasteiger partial charge in [-0.2, -0.15) is 0 Å². The maximum atomic E-state index is 12.0. The first kappa shape index (κ1) is 17.5. The van der Waals surface area contributed by atoms with E-state index in [-0.39, 0.29) is 12.5 Å². The molecule has 0 spiro atoms. The second kappa shape index (κ2) is 8.16. The topological polar surface area (TPSA) is 38.3 Å². The van der Waals surface area contributed by atoms with Gasteiger partial charge in [0.2, 0.25) is 0 Å². The molecule has 2 aromatic carbocycles. The van der Waals surface area contributed by atoms with Gasteiger partial charge in [-0.15, -0.1) is 0 Å². The van der Waals surface area contributed by atoms with Crippen LogP contribution in [0.4, 0.5) is 5.69 Å². The first-order chi connectivity index (χ1) is 11.0. The molecule has 0 bridgehead atoms. The number of hydrogen-bond acceptors (Lipinski definition) is 2. The summed E-state index contributed by atoms with van der Waals surface area (Å²) >= 11 is 3.50. The van der Waals surface area contributed by atoms with Gasteiger partial charge in [-0.25, -0.2) is 0 Å². The number of rotatable bonds is 6. The van der Waals surface area contributed by atoms with Crippen LogP contribution < -0.4 is 10.1 Å². The van der Waals surface area contributed by atoms with Gasteiger partial charge < -0.3 is 10.1 Å². The third kappa shape index (κ3) is 5.39. The van der Waals surface area contributed by atoms with Crippen LogP contribution in [0, 0.1) is 13.8 Å². The van der Waals surface area contributed by atoms with E-state index in [0.717, 1.165) is 34.1 Å². The molecule has 4 heteroatoms. The Morgan fingerprint density at radius 3 is 2.43 bits per heavy atom. The summed E-state index contributed by atoms with van der Waals surface area (Å²) in [6.07, 6.45) is 2.14. The van der Waals surface area contributed by atoms with Crippen LogP contribution in [0.3, 0.4) is 0 Å². The molecule has 2 rings (SSSR count). The first-order valence-electron chi connectivity index (χ1n) is 7.77. The monoisotopic (exact) mass is 375 g/mol. The molecule has 23 heavy (non-hydrogen) atoms. The van der Waals surface area contributed by atoms with E-state index < -0.39 is 0 Å². The van der Waals surface area contributed by atoms with Crippen LogP contribution in [-0.4, -0.2) is 12.5 Å². The SMILES string of the molecule is CCCc1ccc(OCC(=O)Nc2cc(C)cc(C)c2)c(Br)c1. The second-order valence-corrected chi connectivity index (χ2v) is 6.58. The van der Waals surface area contributed by atoms with Crippen molar-refractivity contribution in [2.45, 2.75) is 33.6 Å². The number of anilines is 1. The van der Waals surface area contributed by atoms with E-state index in [1.54, 1.807) is 0 Å². The van der Waals surface area contributed by atoms with Crippen molar-refractivity contribution in [3.63, 3.8) is 0 Å². The van der Waals surface area contributed by atoms with Crippen LogP contribution in [0.2, 0.25) is 0 Å². The number of carbonyl (C=O) groups excluding carboxylic acids is 1. The smallest absolute Gasteiger partial charge is 0.262 e. The summed E-state index contributed by atoms with van der Waals surface area (Å²) in [5.74, 6) is 0.514. The molecule has 0 aliphatic heterocycles. The van der Waals surface area contributed by atoms with E-state index >= 15 is 0 Å². The van der Waals surface area contributed by atoms with Crippen LogP contribution in [-0.2, 0) is 11.2 Å². The first-order valence-corrected chi connectivity index (χ1v) is 8.56. The summed E-state index contributed by atoms with van der Waals surface area (Å²) in [5, 5.41) is 2.87. The summed E-state index contributed by atoms with van der Waals surface area (Å²) in [5.41, 5.74) is 4.30. The van der Waals surface area contributed by atoms with Gasteiger partial charge in [-0.05, 0) is 77.2 Å². The highest BCUT2D eigenvalue weighted by Gasteiger charge is 2.07. The molecule has 0 saturated heterocycles. The van der Waals surface area contributed by atoms with Crippen LogP contribution in [0.1, 0.15) is 30.0 Å². The van der Waals surface area contributed by atoms with E-state index in [1.165, 1.54) is 5.56 Å². The Balaban J connectivity index is 1.93. The van der Waals surface area contributed by atoms with Crippen molar-refractivity contribution < 1.29 is 9.53 Å². The van der Waals surface area contributed by atoms with Crippen molar-refractivity contribution in [3.8, 4) is 5.75 Å². The van der Waals surface area contributed by atoms with Gasteiger partial charge in [0.05, 0.1) is 4.47 Å². The summed E-state index contributed by atoms with van der Waals surface area (Å²) < 4.78 is 6.48. The minimum Gasteiger partial charge on any atom is -0.483 e. The zero-order valence-electron chi connectivity index (χ0n) is 13.8. The molecule has 0 aromatic heterocycles. The molecule has 0 saturated carbocycles. The van der Waals surface area contributed by atoms with Gasteiger partial charge in [-0.3, -0.25) is 4.79 Å². The lowest BCUT2D eigenvalue weighted by molar-refractivity contribution is -0.118. The van der Waals surface area contributed by atoms with E-state index in [9.17, 15) is 4.79 Å². The fourth-order valence-corrected chi connectivity index (χ4v) is 3.03. The number of hydrogen-bond donors (Lipinski definition) is 1. The summed E-state index contributed by atoms with van der Waals surface area (Å²) in [6.45, 7) is 6.15. The fourth-order valence-electron chi connectivity index (χ4n) is 2.49. The van der Waals surface area contributed by atoms with Crippen molar-refractivity contribution in [2.24, 2.45) is 0 Å². The molecule has 1 amide bonds. The summed E-state index contributed by atoms with van der Waals surface area (Å²) in [4.78, 5) is 12.0. The van der Waals surface area contributed by atoms with E-state index in [4.69, 9.17) is 4.74 Å². The van der Waals surface area contributed by atoms with Gasteiger partial charge in [-0.1, -0.05) is 25.5 Å². The molecular formula is C19H22BrNO2. The normalized spacial score (nSPS) is 10.4. The van der Waals surface area contributed by atoms with Gasteiger partial charge in [0.1, 0.15) is 5.75 Å². The number of benzene rings is 2. The predicted molar refractivity (Wildman–Crippen MR) is 98.2 cm³/mol. The Morgan fingerprint density at radius 1 is 1.13 bits per heavy atom. The van der Waals surface area contributed by atoms with Gasteiger partial charge in [0.15, 0.2) is 6.61 Å². The fraction of sp³-hybridized carbons (Fsp3) is 0.316. The Labute approximate surface area is 146 Å². The lowest BCUT2D eigenvalue weighted by atomic mass is 10.1. The highest BCUT2D eigenvalue weighted by Crippen LogP contribution is 2.26. The Hall–Kier alpha value is -1.81. The van der Waals surface area contributed by atoms with Crippen molar-refractivity contribution in [1.82, 2.24) is 0 Å². The van der Waals surface area contributed by atoms with E-state index in [1.807, 2.05) is 44.2 Å². The van der Waals surface area contributed by atoms with E-state index in [0.29, 0.717) is 5.75 Å². The Kier molecular flexibility index (Phi) is 6.22. The Morgan fingerprint density at radius 2 is 1.83 bits per heavy atom. The number of carbonyl (C=O) groups is 1. The largest absolute Gasteiger partial charge is 0.483 e. The van der Waals surface area contributed by atoms with Crippen molar-refractivity contribution >= 4 is 27.5 Å². The van der Waals surface area contributed by atoms with Crippen LogP contribution >= 0.6 is 15.9 Å². The average Bonchev–Trinajstić information content (AvgIpc) is 2.45. The predicted octanol–water partition coefficient (Wildman–Crippen LogP) is 5.04. The molecule has 0 fully saturated rings. The molecule has 0 radical (unpaired) electrons. The van der Waals surface area contributed by atoms with Gasteiger partial charge in [0, 0.05) is 5.69 Å². The third-order valence-electron chi connectivity index (χ3n) is 3.40. The highest BCUT2D eigenvalue weighted by molar-refractivity contribution is 9.10. The zero-order valence-corrected chi connectivity index (χ0v) is 15.4. The van der Waals surface area contributed by atoms with Crippen molar-refractivity contribution in [3.05, 3.63) is 57.6 Å². The lowest BCUT2D eigenvalue weighted by Crippen LogP contribution is -2.20. The maximum absolute atomic E-state index is 12.0. The second-order valence-electron chi connectivity index (χ2n) is 5.73. The number of ether oxygens (including phenoxy) is 1. The molecule has 0 aliphatic rings. The maximum Gasteiger partial charge on any atom is 0.262 e. The van der Waals surface area contributed by atoms with Crippen LogP contribution in [0.15, 0.2) is 40.9 Å². The number of halogens is 1. The van der Waals surface area contributed by atoms with Crippen molar-refractivity contribution in [2.75, 3.05) is 11.9 Å². The molecule has 2 aromatic rings. The van der Waals surface area contributed by atoms with Gasteiger partial charge in [0.25, 0.3) is 5.91 Å². The zero-order chi connectivity index (χ0) is 16.8. The number of nitrogens with one attached hydrogen (secondary N) is 1.